The van der Waals surface area contributed by atoms with Crippen molar-refractivity contribution in [3.63, 3.8) is 0 Å². The normalized spacial score (nSPS) is 17.5. The van der Waals surface area contributed by atoms with E-state index >= 15 is 0 Å². The van der Waals surface area contributed by atoms with E-state index in [0.29, 0.717) is 24.3 Å². The minimum atomic E-state index is 0.00628. The van der Waals surface area contributed by atoms with Crippen molar-refractivity contribution in [2.45, 2.75) is 38.4 Å². The molecule has 124 valence electrons. The number of carbonyl (C=O) groups is 1. The molecule has 1 aliphatic heterocycles. The van der Waals surface area contributed by atoms with Crippen LogP contribution in [0.4, 0.5) is 5.69 Å². The van der Waals surface area contributed by atoms with Crippen LogP contribution < -0.4 is 4.90 Å². The molecule has 0 bridgehead atoms. The number of aromatic nitrogens is 1. The van der Waals surface area contributed by atoms with Crippen molar-refractivity contribution in [1.29, 1.82) is 0 Å². The number of nitrogens with zero attached hydrogens (tertiary/aromatic N) is 2. The highest BCUT2D eigenvalue weighted by atomic mass is 35.5. The van der Waals surface area contributed by atoms with E-state index in [1.165, 1.54) is 6.42 Å². The Labute approximate surface area is 146 Å². The van der Waals surface area contributed by atoms with Gasteiger partial charge in [-0.05, 0) is 61.1 Å². The summed E-state index contributed by atoms with van der Waals surface area (Å²) in [6.45, 7) is 1.19. The van der Waals surface area contributed by atoms with Crippen molar-refractivity contribution in [1.82, 2.24) is 4.98 Å². The summed E-state index contributed by atoms with van der Waals surface area (Å²) in [6.07, 6.45) is 8.30. The van der Waals surface area contributed by atoms with Gasteiger partial charge in [0.15, 0.2) is 0 Å². The van der Waals surface area contributed by atoms with E-state index in [4.69, 9.17) is 16.3 Å². The Balaban J connectivity index is 1.53. The zero-order valence-corrected chi connectivity index (χ0v) is 14.1. The molecular weight excluding hydrogens is 324 g/mol. The topological polar surface area (TPSA) is 42.4 Å². The molecule has 0 saturated heterocycles. The highest BCUT2D eigenvalue weighted by molar-refractivity contribution is 6.30. The number of anilines is 1. The average molecular weight is 343 g/mol. The number of rotatable bonds is 4. The molecule has 24 heavy (non-hydrogen) atoms. The standard InChI is InChI=1S/C19H19ClN2O2/c20-15-4-5-18-14(9-15)6-7-22(19(18)23)16-8-13(10-21-11-16)12-24-17-2-1-3-17/h4-5,8-11,17H,1-3,6-7,12H2. The molecule has 0 N–H and O–H groups in total. The first-order valence-electron chi connectivity index (χ1n) is 8.36. The lowest BCUT2D eigenvalue weighted by molar-refractivity contribution is -0.00875. The molecule has 1 amide bonds. The van der Waals surface area contributed by atoms with Crippen molar-refractivity contribution in [3.8, 4) is 0 Å². The van der Waals surface area contributed by atoms with Crippen LogP contribution >= 0.6 is 11.6 Å². The number of carbonyl (C=O) groups excluding carboxylic acids is 1. The zero-order chi connectivity index (χ0) is 16.5. The summed E-state index contributed by atoms with van der Waals surface area (Å²) in [5, 5.41) is 0.673. The molecule has 2 aliphatic rings. The average Bonchev–Trinajstić information content (AvgIpc) is 2.54. The Morgan fingerprint density at radius 3 is 2.92 bits per heavy atom. The second kappa shape index (κ2) is 6.54. The first-order chi connectivity index (χ1) is 11.7. The molecule has 1 saturated carbocycles. The Bertz CT molecular complexity index is 774. The van der Waals surface area contributed by atoms with E-state index in [0.717, 1.165) is 41.6 Å². The predicted molar refractivity (Wildman–Crippen MR) is 93.5 cm³/mol. The summed E-state index contributed by atoms with van der Waals surface area (Å²) in [5.74, 6) is 0.00628. The minimum Gasteiger partial charge on any atom is -0.373 e. The quantitative estimate of drug-likeness (QED) is 0.843. The van der Waals surface area contributed by atoms with Gasteiger partial charge in [-0.15, -0.1) is 0 Å². The van der Waals surface area contributed by atoms with Gasteiger partial charge in [0.2, 0.25) is 0 Å². The zero-order valence-electron chi connectivity index (χ0n) is 13.4. The second-order valence-electron chi connectivity index (χ2n) is 6.42. The van der Waals surface area contributed by atoms with Crippen molar-refractivity contribution < 1.29 is 9.53 Å². The summed E-state index contributed by atoms with van der Waals surface area (Å²) in [5.41, 5.74) is 3.58. The largest absolute Gasteiger partial charge is 0.373 e. The smallest absolute Gasteiger partial charge is 0.258 e. The number of amides is 1. The van der Waals surface area contributed by atoms with Crippen LogP contribution in [0.2, 0.25) is 5.02 Å². The van der Waals surface area contributed by atoms with E-state index < -0.39 is 0 Å². The third-order valence-corrected chi connectivity index (χ3v) is 5.01. The monoisotopic (exact) mass is 342 g/mol. The first kappa shape index (κ1) is 15.6. The van der Waals surface area contributed by atoms with Crippen molar-refractivity contribution >= 4 is 23.2 Å². The molecule has 2 aromatic rings. The predicted octanol–water partition coefficient (Wildman–Crippen LogP) is 4.01. The molecule has 2 heterocycles. The van der Waals surface area contributed by atoms with Crippen LogP contribution in [0.25, 0.3) is 0 Å². The fourth-order valence-electron chi connectivity index (χ4n) is 3.16. The van der Waals surface area contributed by atoms with Gasteiger partial charge in [-0.25, -0.2) is 0 Å². The molecule has 1 aromatic heterocycles. The molecule has 5 heteroatoms. The Morgan fingerprint density at radius 1 is 1.25 bits per heavy atom. The van der Waals surface area contributed by atoms with E-state index in [1.54, 1.807) is 17.2 Å². The lowest BCUT2D eigenvalue weighted by atomic mass is 9.96. The highest BCUT2D eigenvalue weighted by Crippen LogP contribution is 2.27. The molecule has 0 radical (unpaired) electrons. The van der Waals surface area contributed by atoms with Gasteiger partial charge in [0, 0.05) is 23.3 Å². The first-order valence-corrected chi connectivity index (χ1v) is 8.74. The number of hydrogen-bond acceptors (Lipinski definition) is 3. The van der Waals surface area contributed by atoms with Crippen LogP contribution in [0.15, 0.2) is 36.7 Å². The SMILES string of the molecule is O=C1c2ccc(Cl)cc2CCN1c1cncc(COC2CCC2)c1. The van der Waals surface area contributed by atoms with E-state index in [9.17, 15) is 4.79 Å². The van der Waals surface area contributed by atoms with Gasteiger partial charge in [0.25, 0.3) is 5.91 Å². The van der Waals surface area contributed by atoms with Crippen LogP contribution in [0, 0.1) is 0 Å². The van der Waals surface area contributed by atoms with Gasteiger partial charge in [-0.1, -0.05) is 11.6 Å². The summed E-state index contributed by atoms with van der Waals surface area (Å²) in [7, 11) is 0. The number of benzene rings is 1. The highest BCUT2D eigenvalue weighted by Gasteiger charge is 2.26. The van der Waals surface area contributed by atoms with E-state index in [-0.39, 0.29) is 5.91 Å². The Kier molecular flexibility index (Phi) is 4.25. The third kappa shape index (κ3) is 3.04. The van der Waals surface area contributed by atoms with Gasteiger partial charge >= 0.3 is 0 Å². The number of fused-ring (bicyclic) bond motifs is 1. The van der Waals surface area contributed by atoms with Gasteiger partial charge in [0.05, 0.1) is 24.6 Å². The van der Waals surface area contributed by atoms with Crippen LogP contribution in [0.1, 0.15) is 40.7 Å². The Morgan fingerprint density at radius 2 is 2.12 bits per heavy atom. The van der Waals surface area contributed by atoms with Gasteiger partial charge in [-0.2, -0.15) is 0 Å². The maximum absolute atomic E-state index is 12.8. The van der Waals surface area contributed by atoms with E-state index in [2.05, 4.69) is 4.98 Å². The lowest BCUT2D eigenvalue weighted by Crippen LogP contribution is -2.37. The van der Waals surface area contributed by atoms with E-state index in [1.807, 2.05) is 24.4 Å². The molecule has 0 spiro atoms. The third-order valence-electron chi connectivity index (χ3n) is 4.78. The molecule has 1 aliphatic carbocycles. The summed E-state index contributed by atoms with van der Waals surface area (Å²) in [6, 6.07) is 7.46. The molecule has 0 unspecified atom stereocenters. The molecule has 0 atom stereocenters. The van der Waals surface area contributed by atoms with Gasteiger partial charge in [0.1, 0.15) is 0 Å². The molecule has 1 aromatic carbocycles. The van der Waals surface area contributed by atoms with Gasteiger partial charge in [-0.3, -0.25) is 9.78 Å². The number of halogens is 1. The molecular formula is C19H19ClN2O2. The summed E-state index contributed by atoms with van der Waals surface area (Å²) < 4.78 is 5.84. The molecule has 1 fully saturated rings. The summed E-state index contributed by atoms with van der Waals surface area (Å²) >= 11 is 6.03. The van der Waals surface area contributed by atoms with Crippen molar-refractivity contribution in [3.05, 3.63) is 58.4 Å². The molecule has 4 rings (SSSR count). The fourth-order valence-corrected chi connectivity index (χ4v) is 3.35. The maximum atomic E-state index is 12.8. The minimum absolute atomic E-state index is 0.00628. The van der Waals surface area contributed by atoms with Crippen molar-refractivity contribution in [2.24, 2.45) is 0 Å². The second-order valence-corrected chi connectivity index (χ2v) is 6.86. The number of hydrogen-bond donors (Lipinski definition) is 0. The van der Waals surface area contributed by atoms with Crippen LogP contribution in [-0.2, 0) is 17.8 Å². The molecule has 4 nitrogen and oxygen atoms in total. The van der Waals surface area contributed by atoms with Gasteiger partial charge < -0.3 is 9.64 Å². The lowest BCUT2D eigenvalue weighted by Gasteiger charge is -2.29. The fraction of sp³-hybridized carbons (Fsp3) is 0.368. The maximum Gasteiger partial charge on any atom is 0.258 e. The van der Waals surface area contributed by atoms with Crippen LogP contribution in [-0.4, -0.2) is 23.5 Å². The number of pyridine rings is 1. The van der Waals surface area contributed by atoms with Crippen molar-refractivity contribution in [2.75, 3.05) is 11.4 Å². The van der Waals surface area contributed by atoms with Crippen LogP contribution in [0.3, 0.4) is 0 Å². The Hall–Kier alpha value is -1.91. The van der Waals surface area contributed by atoms with Crippen LogP contribution in [0.5, 0.6) is 0 Å². The summed E-state index contributed by atoms with van der Waals surface area (Å²) in [4.78, 5) is 18.9. The number of ether oxygens (including phenoxy) is 1.